The summed E-state index contributed by atoms with van der Waals surface area (Å²) < 4.78 is 30.4. The van der Waals surface area contributed by atoms with Gasteiger partial charge in [0.05, 0.1) is 13.2 Å². The number of aromatic hydroxyl groups is 1. The van der Waals surface area contributed by atoms with Crippen LogP contribution in [0.15, 0.2) is 48.5 Å². The van der Waals surface area contributed by atoms with Crippen molar-refractivity contribution in [3.8, 4) is 11.5 Å². The molecule has 2 heterocycles. The van der Waals surface area contributed by atoms with Crippen LogP contribution in [0.25, 0.3) is 6.08 Å². The van der Waals surface area contributed by atoms with Crippen LogP contribution in [-0.4, -0.2) is 73.8 Å². The Labute approximate surface area is 220 Å². The van der Waals surface area contributed by atoms with Gasteiger partial charge in [0.15, 0.2) is 17.6 Å². The Morgan fingerprint density at radius 2 is 1.89 bits per heavy atom. The van der Waals surface area contributed by atoms with Crippen LogP contribution in [-0.2, 0) is 34.0 Å². The van der Waals surface area contributed by atoms with Crippen molar-refractivity contribution in [1.82, 2.24) is 4.90 Å². The first kappa shape index (κ1) is 24.9. The quantitative estimate of drug-likeness (QED) is 0.457. The smallest absolute Gasteiger partial charge is 0.331 e. The molecule has 200 valence electrons. The lowest BCUT2D eigenvalue weighted by Crippen LogP contribution is -2.78. The zero-order chi connectivity index (χ0) is 26.9. The van der Waals surface area contributed by atoms with E-state index in [1.807, 2.05) is 36.4 Å². The van der Waals surface area contributed by atoms with Crippen molar-refractivity contribution in [1.29, 1.82) is 0 Å². The third kappa shape index (κ3) is 2.92. The van der Waals surface area contributed by atoms with Crippen molar-refractivity contribution in [2.75, 3.05) is 28.4 Å². The molecule has 0 aromatic heterocycles. The monoisotopic (exact) mass is 521 g/mol. The molecule has 2 aliphatic carbocycles. The molecule has 1 N–H and O–H groups in total. The summed E-state index contributed by atoms with van der Waals surface area (Å²) >= 11 is 0. The molecule has 0 radical (unpaired) electrons. The molecule has 4 aliphatic rings. The summed E-state index contributed by atoms with van der Waals surface area (Å²) in [6.07, 6.45) is 1.66. The van der Waals surface area contributed by atoms with E-state index in [2.05, 4.69) is 0 Å². The van der Waals surface area contributed by atoms with Crippen LogP contribution in [0.2, 0.25) is 0 Å². The molecule has 9 heteroatoms. The Morgan fingerprint density at radius 1 is 1.13 bits per heavy atom. The van der Waals surface area contributed by atoms with Crippen molar-refractivity contribution >= 4 is 18.0 Å². The van der Waals surface area contributed by atoms with Crippen molar-refractivity contribution < 1.29 is 38.4 Å². The molecule has 38 heavy (non-hydrogen) atoms. The van der Waals surface area contributed by atoms with Crippen molar-refractivity contribution in [2.45, 2.75) is 54.3 Å². The molecule has 3 fully saturated rings. The molecule has 1 spiro atoms. The summed E-state index contributed by atoms with van der Waals surface area (Å²) in [5.74, 6) is -1.87. The molecular weight excluding hydrogens is 490 g/mol. The van der Waals surface area contributed by atoms with Crippen molar-refractivity contribution in [2.24, 2.45) is 0 Å². The van der Waals surface area contributed by atoms with Crippen LogP contribution >= 0.6 is 0 Å². The van der Waals surface area contributed by atoms with E-state index in [-0.39, 0.29) is 24.5 Å². The Bertz CT molecular complexity index is 1330. The van der Waals surface area contributed by atoms with Crippen molar-refractivity contribution in [3.63, 3.8) is 0 Å². The summed E-state index contributed by atoms with van der Waals surface area (Å²) in [4.78, 5) is 28.3. The number of phenols is 1. The molecular formula is C29H31NO8. The summed E-state index contributed by atoms with van der Waals surface area (Å²) in [6.45, 7) is 0. The number of hydrogen-bond donors (Lipinski definition) is 1. The average molecular weight is 522 g/mol. The first-order chi connectivity index (χ1) is 18.3. The number of fused-ring (bicyclic) bond motifs is 3. The fourth-order valence-electron chi connectivity index (χ4n) is 7.71. The second kappa shape index (κ2) is 8.56. The minimum Gasteiger partial charge on any atom is -0.504 e. The first-order valence-corrected chi connectivity index (χ1v) is 12.6. The number of nitrogens with zero attached hydrogens (tertiary/aromatic N) is 1. The molecule has 0 unspecified atom stereocenters. The maximum Gasteiger partial charge on any atom is 0.331 e. The molecule has 1 saturated carbocycles. The number of amides is 1. The third-order valence-corrected chi connectivity index (χ3v) is 9.08. The molecule has 2 aliphatic heterocycles. The fraction of sp³-hybridized carbons (Fsp3) is 0.448. The van der Waals surface area contributed by atoms with Crippen LogP contribution in [0.1, 0.15) is 42.1 Å². The molecule has 2 aromatic carbocycles. The molecule has 9 nitrogen and oxygen atoms in total. The number of methoxy groups -OCH3 is 3. The van der Waals surface area contributed by atoms with Gasteiger partial charge in [-0.2, -0.15) is 0 Å². The van der Waals surface area contributed by atoms with Crippen molar-refractivity contribution in [3.05, 3.63) is 65.2 Å². The van der Waals surface area contributed by atoms with Gasteiger partial charge in [-0.3, -0.25) is 4.79 Å². The van der Waals surface area contributed by atoms with Gasteiger partial charge in [-0.25, -0.2) is 4.79 Å². The summed E-state index contributed by atoms with van der Waals surface area (Å²) in [5, 5.41) is 11.5. The van der Waals surface area contributed by atoms with Gasteiger partial charge in [0.25, 0.3) is 0 Å². The van der Waals surface area contributed by atoms with Crippen LogP contribution in [0, 0.1) is 0 Å². The number of phenolic OH excluding ortho intramolecular Hbond substituents is 1. The maximum absolute atomic E-state index is 13.5. The van der Waals surface area contributed by atoms with E-state index in [1.54, 1.807) is 24.1 Å². The third-order valence-electron chi connectivity index (χ3n) is 9.08. The van der Waals surface area contributed by atoms with Crippen LogP contribution in [0.5, 0.6) is 11.5 Å². The number of carbonyl (C=O) groups is 2. The van der Waals surface area contributed by atoms with E-state index in [1.165, 1.54) is 27.4 Å². The highest BCUT2D eigenvalue weighted by molar-refractivity contribution is 5.88. The van der Waals surface area contributed by atoms with Gasteiger partial charge in [0.2, 0.25) is 11.7 Å². The number of benzene rings is 2. The van der Waals surface area contributed by atoms with Gasteiger partial charge in [0.1, 0.15) is 11.6 Å². The normalized spacial score (nSPS) is 34.8. The van der Waals surface area contributed by atoms with E-state index >= 15 is 0 Å². The zero-order valence-corrected chi connectivity index (χ0v) is 21.8. The van der Waals surface area contributed by atoms with Gasteiger partial charge < -0.3 is 33.7 Å². The Kier molecular flexibility index (Phi) is 5.61. The molecule has 2 aromatic rings. The zero-order valence-electron chi connectivity index (χ0n) is 21.8. The van der Waals surface area contributed by atoms with E-state index in [4.69, 9.17) is 23.7 Å². The van der Waals surface area contributed by atoms with Crippen LogP contribution in [0.3, 0.4) is 0 Å². The van der Waals surface area contributed by atoms with Crippen LogP contribution < -0.4 is 4.74 Å². The number of hydrogen-bond acceptors (Lipinski definition) is 8. The Hall–Kier alpha value is -3.40. The summed E-state index contributed by atoms with van der Waals surface area (Å²) in [5.41, 5.74) is 0.219. The number of carbonyl (C=O) groups excluding carboxylic acids is 2. The van der Waals surface area contributed by atoms with Gasteiger partial charge >= 0.3 is 5.97 Å². The SMILES string of the molecule is COc1ccc2c(c1O)[C@@]13CC(=O)N(C)[C@@]14C[C@H]2O[C@]4(OC)[C@@H](OC)[C@@H](OC(=O)/C=C/c1ccccc1)C3. The molecule has 6 atom stereocenters. The van der Waals surface area contributed by atoms with E-state index in [9.17, 15) is 14.7 Å². The predicted octanol–water partition coefficient (Wildman–Crippen LogP) is 3.10. The first-order valence-electron chi connectivity index (χ1n) is 12.6. The highest BCUT2D eigenvalue weighted by Gasteiger charge is 2.85. The lowest BCUT2D eigenvalue weighted by Gasteiger charge is -2.61. The largest absolute Gasteiger partial charge is 0.504 e. The fourth-order valence-corrected chi connectivity index (χ4v) is 7.71. The van der Waals surface area contributed by atoms with Gasteiger partial charge in [-0.1, -0.05) is 36.4 Å². The Balaban J connectivity index is 1.50. The highest BCUT2D eigenvalue weighted by atomic mass is 16.7. The molecule has 2 bridgehead atoms. The van der Waals surface area contributed by atoms with E-state index < -0.39 is 41.0 Å². The van der Waals surface area contributed by atoms with E-state index in [0.717, 1.165) is 11.1 Å². The predicted molar refractivity (Wildman–Crippen MR) is 135 cm³/mol. The lowest BCUT2D eigenvalue weighted by atomic mass is 9.50. The minimum atomic E-state index is -1.46. The standard InChI is InChI=1S/C29H31NO8/c1-30-22(31)16-27-14-21(37-23(32)13-10-17-8-6-5-7-9-17)26(35-3)29(36-4)28(27,30)15-20(38-29)18-11-12-19(34-2)25(33)24(18)27/h5-13,20-21,26,33H,14-16H2,1-4H3/b13-10+/t20-,21+,26+,27-,28+,29-/m1/s1. The number of rotatable bonds is 6. The van der Waals surface area contributed by atoms with E-state index in [0.29, 0.717) is 17.7 Å². The second-order valence-corrected chi connectivity index (χ2v) is 10.4. The lowest BCUT2D eigenvalue weighted by molar-refractivity contribution is -0.339. The highest BCUT2D eigenvalue weighted by Crippen LogP contribution is 2.73. The van der Waals surface area contributed by atoms with Crippen LogP contribution in [0.4, 0.5) is 0 Å². The maximum atomic E-state index is 13.5. The number of likely N-dealkylation sites (N-methyl/N-ethyl adjacent to an activating group) is 1. The topological polar surface area (TPSA) is 104 Å². The Morgan fingerprint density at radius 3 is 2.58 bits per heavy atom. The number of likely N-dealkylation sites (tertiary alicyclic amines) is 1. The van der Waals surface area contributed by atoms with Gasteiger partial charge in [0, 0.05) is 51.2 Å². The average Bonchev–Trinajstić information content (AvgIpc) is 3.38. The second-order valence-electron chi connectivity index (χ2n) is 10.4. The van der Waals surface area contributed by atoms with Gasteiger partial charge in [-0.15, -0.1) is 0 Å². The van der Waals surface area contributed by atoms with Gasteiger partial charge in [-0.05, 0) is 29.7 Å². The number of ether oxygens (including phenoxy) is 5. The molecule has 1 amide bonds. The number of esters is 1. The molecule has 2 saturated heterocycles. The summed E-state index contributed by atoms with van der Waals surface area (Å²) in [7, 11) is 6.27. The minimum absolute atomic E-state index is 0.0393. The molecule has 6 rings (SSSR count). The summed E-state index contributed by atoms with van der Waals surface area (Å²) in [6, 6.07) is 13.0.